The molecule has 0 aromatic heterocycles. The average Bonchev–Trinajstić information content (AvgIpc) is 2.46. The number of carbonyl (C=O) groups excluding carboxylic acids is 1. The number of esters is 1. The zero-order chi connectivity index (χ0) is 16.7. The van der Waals surface area contributed by atoms with Crippen LogP contribution in [0.3, 0.4) is 0 Å². The van der Waals surface area contributed by atoms with Crippen molar-refractivity contribution in [2.75, 3.05) is 13.7 Å². The number of ether oxygens (including phenoxy) is 2. The van der Waals surface area contributed by atoms with Crippen molar-refractivity contribution in [1.29, 1.82) is 0 Å². The van der Waals surface area contributed by atoms with E-state index in [0.717, 1.165) is 7.11 Å². The van der Waals surface area contributed by atoms with E-state index in [0.29, 0.717) is 5.56 Å². The lowest BCUT2D eigenvalue weighted by Gasteiger charge is -2.10. The van der Waals surface area contributed by atoms with E-state index >= 15 is 0 Å². The molecule has 6 nitrogen and oxygen atoms in total. The van der Waals surface area contributed by atoms with Gasteiger partial charge in [-0.2, -0.15) is 8.78 Å². The van der Waals surface area contributed by atoms with Crippen LogP contribution in [0, 0.1) is 0 Å². The molecule has 0 aliphatic rings. The summed E-state index contributed by atoms with van der Waals surface area (Å²) in [5.74, 6) is -1.09. The third-order valence-electron chi connectivity index (χ3n) is 2.32. The third-order valence-corrected chi connectivity index (χ3v) is 2.88. The maximum Gasteiger partial charge on any atom is 0.387 e. The molecule has 1 aromatic rings. The van der Waals surface area contributed by atoms with Crippen LogP contribution in [0.5, 0.6) is 5.75 Å². The monoisotopic (exact) mass is 351 g/mol. The van der Waals surface area contributed by atoms with Crippen molar-refractivity contribution in [2.24, 2.45) is 5.11 Å². The van der Waals surface area contributed by atoms with Gasteiger partial charge in [0.15, 0.2) is 5.75 Å². The summed E-state index contributed by atoms with van der Waals surface area (Å²) in [6.07, 6.45) is 1.31. The maximum absolute atomic E-state index is 12.2. The first kappa shape index (κ1) is 18.0. The summed E-state index contributed by atoms with van der Waals surface area (Å²) < 4.78 is 33.2. The van der Waals surface area contributed by atoms with Crippen molar-refractivity contribution in [3.8, 4) is 5.75 Å². The van der Waals surface area contributed by atoms with Crippen LogP contribution in [0.4, 0.5) is 8.78 Å². The van der Waals surface area contributed by atoms with Gasteiger partial charge in [-0.15, -0.1) is 0 Å². The molecule has 0 aliphatic heterocycles. The summed E-state index contributed by atoms with van der Waals surface area (Å²) in [6, 6.07) is 2.54. The quantitative estimate of drug-likeness (QED) is 0.249. The van der Waals surface area contributed by atoms with E-state index in [9.17, 15) is 13.6 Å². The summed E-state index contributed by atoms with van der Waals surface area (Å²) in [5, 5.41) is 2.94. The fourth-order valence-corrected chi connectivity index (χ4v) is 2.07. The van der Waals surface area contributed by atoms with Crippen molar-refractivity contribution >= 4 is 35.2 Å². The second kappa shape index (κ2) is 8.43. The second-order valence-corrected chi connectivity index (χ2v) is 4.56. The molecule has 1 rings (SSSR count). The van der Waals surface area contributed by atoms with E-state index in [4.69, 9.17) is 28.7 Å². The molecule has 10 heteroatoms. The lowest BCUT2D eigenvalue weighted by Crippen LogP contribution is -2.07. The van der Waals surface area contributed by atoms with Crippen LogP contribution in [0.2, 0.25) is 10.0 Å². The molecule has 0 aliphatic carbocycles. The number of benzene rings is 1. The highest BCUT2D eigenvalue weighted by atomic mass is 35.5. The first-order chi connectivity index (χ1) is 10.4. The Balaban J connectivity index is 3.21. The van der Waals surface area contributed by atoms with Gasteiger partial charge in [-0.3, -0.25) is 0 Å². The van der Waals surface area contributed by atoms with Crippen molar-refractivity contribution in [3.63, 3.8) is 0 Å². The Labute approximate surface area is 133 Å². The molecule has 0 saturated carbocycles. The molecule has 0 fully saturated rings. The van der Waals surface area contributed by atoms with Crippen LogP contribution in [0.25, 0.3) is 16.5 Å². The lowest BCUT2D eigenvalue weighted by molar-refractivity contribution is -0.136. The van der Waals surface area contributed by atoms with E-state index in [1.165, 1.54) is 18.2 Å². The predicted octanol–water partition coefficient (Wildman–Crippen LogP) is 4.46. The Kier molecular flexibility index (Phi) is 6.91. The highest BCUT2D eigenvalue weighted by Gasteiger charge is 2.15. The van der Waals surface area contributed by atoms with Gasteiger partial charge < -0.3 is 9.47 Å². The van der Waals surface area contributed by atoms with Crippen molar-refractivity contribution in [3.05, 3.63) is 43.8 Å². The van der Waals surface area contributed by atoms with Crippen LogP contribution >= 0.6 is 23.2 Å². The zero-order valence-corrected chi connectivity index (χ0v) is 12.6. The Bertz CT molecular complexity index is 623. The van der Waals surface area contributed by atoms with Gasteiger partial charge >= 0.3 is 12.6 Å². The number of hydrogen-bond donors (Lipinski definition) is 0. The fourth-order valence-electron chi connectivity index (χ4n) is 1.47. The molecule has 118 valence electrons. The Morgan fingerprint density at radius 1 is 1.45 bits per heavy atom. The summed E-state index contributed by atoms with van der Waals surface area (Å²) in [6.45, 7) is -3.33. The summed E-state index contributed by atoms with van der Waals surface area (Å²) in [5.41, 5.74) is 8.65. The normalized spacial score (nSPS) is 11.1. The van der Waals surface area contributed by atoms with Crippen LogP contribution < -0.4 is 4.74 Å². The molecule has 0 atom stereocenters. The molecule has 0 N–H and O–H groups in total. The standard InChI is InChI=1S/C12H9Cl2F2N3O3/c1-21-11(20)7(5-18-19-17)2-6-3-8(13)10(9(14)4-6)22-12(15)16/h2-4,12H,5H2,1H3/b7-2-. The van der Waals surface area contributed by atoms with Gasteiger partial charge in [0.2, 0.25) is 0 Å². The predicted molar refractivity (Wildman–Crippen MR) is 77.1 cm³/mol. The van der Waals surface area contributed by atoms with Crippen LogP contribution in [0.15, 0.2) is 22.8 Å². The number of alkyl halides is 2. The first-order valence-electron chi connectivity index (χ1n) is 5.62. The van der Waals surface area contributed by atoms with Crippen LogP contribution in [-0.4, -0.2) is 26.2 Å². The minimum atomic E-state index is -3.08. The number of halogens is 4. The molecule has 0 bridgehead atoms. The molecule has 22 heavy (non-hydrogen) atoms. The second-order valence-electron chi connectivity index (χ2n) is 3.74. The number of azide groups is 1. The molecule has 0 unspecified atom stereocenters. The lowest BCUT2D eigenvalue weighted by atomic mass is 10.1. The number of methoxy groups -OCH3 is 1. The molecule has 0 spiro atoms. The van der Waals surface area contributed by atoms with Gasteiger partial charge in [0.05, 0.1) is 23.7 Å². The van der Waals surface area contributed by atoms with Gasteiger partial charge in [-0.05, 0) is 29.3 Å². The minimum Gasteiger partial charge on any atom is -0.466 e. The summed E-state index contributed by atoms with van der Waals surface area (Å²) in [7, 11) is 1.16. The van der Waals surface area contributed by atoms with Gasteiger partial charge in [-0.1, -0.05) is 28.3 Å². The largest absolute Gasteiger partial charge is 0.466 e. The van der Waals surface area contributed by atoms with E-state index in [1.54, 1.807) is 0 Å². The van der Waals surface area contributed by atoms with Crippen molar-refractivity contribution in [1.82, 2.24) is 0 Å². The molecule has 0 saturated heterocycles. The Morgan fingerprint density at radius 2 is 2.05 bits per heavy atom. The SMILES string of the molecule is COC(=O)/C(=C\c1cc(Cl)c(OC(F)F)c(Cl)c1)CN=[N+]=[N-]. The molecular weight excluding hydrogens is 343 g/mol. The van der Waals surface area contributed by atoms with Gasteiger partial charge in [0.25, 0.3) is 0 Å². The van der Waals surface area contributed by atoms with Crippen molar-refractivity contribution in [2.45, 2.75) is 6.61 Å². The molecule has 0 heterocycles. The van der Waals surface area contributed by atoms with Gasteiger partial charge in [-0.25, -0.2) is 4.79 Å². The van der Waals surface area contributed by atoms with E-state index < -0.39 is 12.6 Å². The van der Waals surface area contributed by atoms with E-state index in [2.05, 4.69) is 19.5 Å². The average molecular weight is 352 g/mol. The van der Waals surface area contributed by atoms with E-state index in [1.807, 2.05) is 0 Å². The Hall–Kier alpha value is -2.02. The first-order valence-corrected chi connectivity index (χ1v) is 6.38. The third kappa shape index (κ3) is 5.07. The summed E-state index contributed by atoms with van der Waals surface area (Å²) in [4.78, 5) is 14.1. The molecule has 0 amide bonds. The van der Waals surface area contributed by atoms with Crippen LogP contribution in [0.1, 0.15) is 5.56 Å². The summed E-state index contributed by atoms with van der Waals surface area (Å²) >= 11 is 11.6. The van der Waals surface area contributed by atoms with Gasteiger partial charge in [0, 0.05) is 10.5 Å². The number of rotatable bonds is 6. The zero-order valence-electron chi connectivity index (χ0n) is 11.1. The number of carbonyl (C=O) groups is 1. The maximum atomic E-state index is 12.2. The highest BCUT2D eigenvalue weighted by molar-refractivity contribution is 6.37. The number of hydrogen-bond acceptors (Lipinski definition) is 4. The molecule has 1 aromatic carbocycles. The van der Waals surface area contributed by atoms with E-state index in [-0.39, 0.29) is 27.9 Å². The van der Waals surface area contributed by atoms with Crippen LogP contribution in [-0.2, 0) is 9.53 Å². The number of nitrogens with zero attached hydrogens (tertiary/aromatic N) is 3. The van der Waals surface area contributed by atoms with Crippen molar-refractivity contribution < 1.29 is 23.0 Å². The molecule has 0 radical (unpaired) electrons. The molecular formula is C12H9Cl2F2N3O3. The minimum absolute atomic E-state index is 0.0370. The van der Waals surface area contributed by atoms with Gasteiger partial charge in [0.1, 0.15) is 0 Å². The topological polar surface area (TPSA) is 84.3 Å². The fraction of sp³-hybridized carbons (Fsp3) is 0.250. The highest BCUT2D eigenvalue weighted by Crippen LogP contribution is 2.35. The smallest absolute Gasteiger partial charge is 0.387 e. The Morgan fingerprint density at radius 3 is 2.50 bits per heavy atom.